The second-order valence-electron chi connectivity index (χ2n) is 5.49. The zero-order valence-corrected chi connectivity index (χ0v) is 14.8. The van der Waals surface area contributed by atoms with Crippen LogP contribution >= 0.6 is 0 Å². The quantitative estimate of drug-likeness (QED) is 0.550. The zero-order valence-electron chi connectivity index (χ0n) is 14.8. The number of hydrogen-bond donors (Lipinski definition) is 1. The molecule has 0 saturated carbocycles. The number of fused-ring (bicyclic) bond motifs is 1. The van der Waals surface area contributed by atoms with Crippen LogP contribution in [0.4, 0.5) is 0 Å². The normalized spacial score (nSPS) is 11.1. The summed E-state index contributed by atoms with van der Waals surface area (Å²) >= 11 is 0. The maximum atomic E-state index is 12.2. The van der Waals surface area contributed by atoms with Gasteiger partial charge in [0.25, 0.3) is 5.78 Å². The Balaban J connectivity index is 1.77. The molecule has 3 rings (SSSR count). The first-order chi connectivity index (χ1) is 12.5. The molecule has 0 aliphatic heterocycles. The monoisotopic (exact) mass is 354 g/mol. The summed E-state index contributed by atoms with van der Waals surface area (Å²) in [6.07, 6.45) is 1.47. The lowest BCUT2D eigenvalue weighted by Gasteiger charge is -2.06. The standard InChI is InChI=1S/C17H18N6O3/c1-10-7-11(2)23-17(19-10)20-15(22-23)16(24)21-18-9-12-5-6-13(25-3)8-14(12)26-4/h5-9H,1-4H3,(H,21,24)/b18-9-. The SMILES string of the molecule is COc1ccc(/C=N\NC(=O)c2nc3nc(C)cc(C)n3n2)c(OC)c1. The number of nitrogens with zero attached hydrogens (tertiary/aromatic N) is 5. The molecular weight excluding hydrogens is 336 g/mol. The molecule has 1 amide bonds. The summed E-state index contributed by atoms with van der Waals surface area (Å²) < 4.78 is 11.9. The minimum Gasteiger partial charge on any atom is -0.497 e. The highest BCUT2D eigenvalue weighted by atomic mass is 16.5. The van der Waals surface area contributed by atoms with Crippen molar-refractivity contribution in [2.45, 2.75) is 13.8 Å². The number of rotatable bonds is 5. The number of methoxy groups -OCH3 is 2. The molecule has 26 heavy (non-hydrogen) atoms. The van der Waals surface area contributed by atoms with Crippen molar-refractivity contribution in [2.24, 2.45) is 5.10 Å². The van der Waals surface area contributed by atoms with E-state index in [4.69, 9.17) is 9.47 Å². The summed E-state index contributed by atoms with van der Waals surface area (Å²) in [7, 11) is 3.12. The maximum absolute atomic E-state index is 12.2. The van der Waals surface area contributed by atoms with Gasteiger partial charge in [-0.1, -0.05) is 0 Å². The molecule has 0 unspecified atom stereocenters. The Bertz CT molecular complexity index is 996. The first-order valence-electron chi connectivity index (χ1n) is 7.78. The lowest BCUT2D eigenvalue weighted by atomic mass is 10.2. The number of nitrogens with one attached hydrogen (secondary N) is 1. The topological polar surface area (TPSA) is 103 Å². The van der Waals surface area contributed by atoms with E-state index in [0.29, 0.717) is 22.8 Å². The number of aryl methyl sites for hydroxylation is 2. The van der Waals surface area contributed by atoms with E-state index in [1.807, 2.05) is 19.9 Å². The third-order valence-corrected chi connectivity index (χ3v) is 3.63. The van der Waals surface area contributed by atoms with Gasteiger partial charge in [0, 0.05) is 23.0 Å². The average Bonchev–Trinajstić information content (AvgIpc) is 3.06. The van der Waals surface area contributed by atoms with Gasteiger partial charge >= 0.3 is 5.91 Å². The van der Waals surface area contributed by atoms with Crippen molar-refractivity contribution in [3.8, 4) is 11.5 Å². The Morgan fingerprint density at radius 2 is 2.00 bits per heavy atom. The largest absolute Gasteiger partial charge is 0.497 e. The molecule has 0 aliphatic carbocycles. The highest BCUT2D eigenvalue weighted by molar-refractivity contribution is 5.92. The average molecular weight is 354 g/mol. The summed E-state index contributed by atoms with van der Waals surface area (Å²) in [6.45, 7) is 3.72. The van der Waals surface area contributed by atoms with Gasteiger partial charge in [-0.2, -0.15) is 10.1 Å². The molecule has 2 heterocycles. The van der Waals surface area contributed by atoms with E-state index in [9.17, 15) is 4.79 Å². The van der Waals surface area contributed by atoms with Crippen molar-refractivity contribution in [3.05, 3.63) is 47.0 Å². The van der Waals surface area contributed by atoms with Crippen LogP contribution in [0.15, 0.2) is 29.4 Å². The van der Waals surface area contributed by atoms with Crippen LogP contribution < -0.4 is 14.9 Å². The second kappa shape index (κ2) is 7.18. The third-order valence-electron chi connectivity index (χ3n) is 3.63. The number of carbonyl (C=O) groups is 1. The number of benzene rings is 1. The van der Waals surface area contributed by atoms with Crippen molar-refractivity contribution < 1.29 is 14.3 Å². The van der Waals surface area contributed by atoms with Gasteiger partial charge in [0.05, 0.1) is 20.4 Å². The first kappa shape index (κ1) is 17.3. The van der Waals surface area contributed by atoms with Gasteiger partial charge in [0.15, 0.2) is 0 Å². The van der Waals surface area contributed by atoms with Gasteiger partial charge < -0.3 is 9.47 Å². The van der Waals surface area contributed by atoms with Crippen molar-refractivity contribution >= 4 is 17.9 Å². The van der Waals surface area contributed by atoms with Crippen LogP contribution in [0.1, 0.15) is 27.6 Å². The van der Waals surface area contributed by atoms with Crippen LogP contribution in [-0.2, 0) is 0 Å². The van der Waals surface area contributed by atoms with Gasteiger partial charge in [-0.05, 0) is 32.0 Å². The molecule has 1 N–H and O–H groups in total. The fourth-order valence-electron chi connectivity index (χ4n) is 2.40. The van der Waals surface area contributed by atoms with Crippen molar-refractivity contribution in [1.82, 2.24) is 25.0 Å². The number of aromatic nitrogens is 4. The molecule has 0 spiro atoms. The number of hydrogen-bond acceptors (Lipinski definition) is 7. The first-order valence-corrected chi connectivity index (χ1v) is 7.78. The summed E-state index contributed by atoms with van der Waals surface area (Å²) in [5.74, 6) is 1.06. The number of ether oxygens (including phenoxy) is 2. The Labute approximate surface area is 149 Å². The van der Waals surface area contributed by atoms with Crippen LogP contribution in [0.5, 0.6) is 11.5 Å². The highest BCUT2D eigenvalue weighted by Crippen LogP contribution is 2.22. The van der Waals surface area contributed by atoms with Crippen LogP contribution in [0.3, 0.4) is 0 Å². The molecule has 0 fully saturated rings. The summed E-state index contributed by atoms with van der Waals surface area (Å²) in [6, 6.07) is 7.12. The Kier molecular flexibility index (Phi) is 4.78. The molecule has 0 atom stereocenters. The van der Waals surface area contributed by atoms with E-state index in [1.54, 1.807) is 32.4 Å². The lowest BCUT2D eigenvalue weighted by Crippen LogP contribution is -2.19. The van der Waals surface area contributed by atoms with Crippen LogP contribution in [0, 0.1) is 13.8 Å². The number of hydrazone groups is 1. The molecule has 0 aliphatic rings. The van der Waals surface area contributed by atoms with Crippen molar-refractivity contribution in [3.63, 3.8) is 0 Å². The van der Waals surface area contributed by atoms with E-state index < -0.39 is 5.91 Å². The minimum atomic E-state index is -0.531. The summed E-state index contributed by atoms with van der Waals surface area (Å²) in [4.78, 5) is 20.6. The second-order valence-corrected chi connectivity index (χ2v) is 5.49. The zero-order chi connectivity index (χ0) is 18.7. The minimum absolute atomic E-state index is 0.00922. The molecule has 134 valence electrons. The highest BCUT2D eigenvalue weighted by Gasteiger charge is 2.14. The number of amides is 1. The predicted octanol–water partition coefficient (Wildman–Crippen LogP) is 1.52. The smallest absolute Gasteiger partial charge is 0.311 e. The van der Waals surface area contributed by atoms with Gasteiger partial charge in [0.2, 0.25) is 5.82 Å². The summed E-state index contributed by atoms with van der Waals surface area (Å²) in [5.41, 5.74) is 4.73. The van der Waals surface area contributed by atoms with Crippen molar-refractivity contribution in [2.75, 3.05) is 14.2 Å². The van der Waals surface area contributed by atoms with E-state index in [2.05, 4.69) is 25.6 Å². The summed E-state index contributed by atoms with van der Waals surface area (Å²) in [5, 5.41) is 8.09. The van der Waals surface area contributed by atoms with Crippen LogP contribution in [-0.4, -0.2) is 45.9 Å². The van der Waals surface area contributed by atoms with E-state index in [1.165, 1.54) is 10.7 Å². The van der Waals surface area contributed by atoms with Crippen LogP contribution in [0.2, 0.25) is 0 Å². The fourth-order valence-corrected chi connectivity index (χ4v) is 2.40. The van der Waals surface area contributed by atoms with Crippen molar-refractivity contribution in [1.29, 1.82) is 0 Å². The van der Waals surface area contributed by atoms with Gasteiger partial charge in [0.1, 0.15) is 11.5 Å². The molecule has 0 saturated heterocycles. The molecular formula is C17H18N6O3. The lowest BCUT2D eigenvalue weighted by molar-refractivity contribution is 0.0945. The van der Waals surface area contributed by atoms with Crippen LogP contribution in [0.25, 0.3) is 5.78 Å². The molecule has 1 aromatic carbocycles. The van der Waals surface area contributed by atoms with Gasteiger partial charge in [-0.3, -0.25) is 4.79 Å². The van der Waals surface area contributed by atoms with Gasteiger partial charge in [-0.25, -0.2) is 14.9 Å². The molecule has 0 bridgehead atoms. The molecule has 2 aromatic heterocycles. The molecule has 0 radical (unpaired) electrons. The van der Waals surface area contributed by atoms with E-state index >= 15 is 0 Å². The molecule has 3 aromatic rings. The number of carbonyl (C=O) groups excluding carboxylic acids is 1. The maximum Gasteiger partial charge on any atom is 0.311 e. The fraction of sp³-hybridized carbons (Fsp3) is 0.235. The Morgan fingerprint density at radius 3 is 2.73 bits per heavy atom. The molecule has 9 nitrogen and oxygen atoms in total. The Hall–Kier alpha value is -3.49. The third kappa shape index (κ3) is 3.46. The van der Waals surface area contributed by atoms with Gasteiger partial charge in [-0.15, -0.1) is 5.10 Å². The molecule has 9 heteroatoms. The predicted molar refractivity (Wildman–Crippen MR) is 94.9 cm³/mol. The van der Waals surface area contributed by atoms with E-state index in [-0.39, 0.29) is 5.82 Å². The Morgan fingerprint density at radius 1 is 1.19 bits per heavy atom. The van der Waals surface area contributed by atoms with E-state index in [0.717, 1.165) is 11.4 Å².